The summed E-state index contributed by atoms with van der Waals surface area (Å²) in [7, 11) is 0. The van der Waals surface area contributed by atoms with Gasteiger partial charge in [0.25, 0.3) is 0 Å². The van der Waals surface area contributed by atoms with Crippen LogP contribution in [-0.4, -0.2) is 13.2 Å². The summed E-state index contributed by atoms with van der Waals surface area (Å²) in [6.07, 6.45) is 2.51. The number of benzene rings is 1. The van der Waals surface area contributed by atoms with Crippen LogP contribution in [0, 0.1) is 11.8 Å². The lowest BCUT2D eigenvalue weighted by Crippen LogP contribution is -2.48. The van der Waals surface area contributed by atoms with Gasteiger partial charge in [-0.25, -0.2) is 0 Å². The van der Waals surface area contributed by atoms with E-state index in [9.17, 15) is 0 Å². The van der Waals surface area contributed by atoms with E-state index < -0.39 is 0 Å². The van der Waals surface area contributed by atoms with Crippen LogP contribution in [0.4, 0.5) is 0 Å². The molecule has 0 spiro atoms. The van der Waals surface area contributed by atoms with Crippen LogP contribution in [0.25, 0.3) is 0 Å². The molecule has 0 saturated heterocycles. The van der Waals surface area contributed by atoms with Crippen LogP contribution in [0.15, 0.2) is 24.3 Å². The van der Waals surface area contributed by atoms with Crippen molar-refractivity contribution in [2.24, 2.45) is 17.6 Å². The molecule has 2 N–H and O–H groups in total. The summed E-state index contributed by atoms with van der Waals surface area (Å²) in [4.78, 5) is 0. The molecular weight excluding hydrogens is 222 g/mol. The number of hydrogen-bond acceptors (Lipinski definition) is 2. The first-order valence-electron chi connectivity index (χ1n) is 7.02. The van der Waals surface area contributed by atoms with Gasteiger partial charge in [-0.15, -0.1) is 0 Å². The first kappa shape index (κ1) is 13.4. The molecule has 18 heavy (non-hydrogen) atoms. The van der Waals surface area contributed by atoms with Crippen LogP contribution >= 0.6 is 0 Å². The molecule has 1 aliphatic carbocycles. The fourth-order valence-corrected chi connectivity index (χ4v) is 2.78. The van der Waals surface area contributed by atoms with Crippen molar-refractivity contribution in [1.82, 2.24) is 0 Å². The van der Waals surface area contributed by atoms with Gasteiger partial charge in [0.1, 0.15) is 5.75 Å². The minimum atomic E-state index is 0.219. The van der Waals surface area contributed by atoms with E-state index in [0.29, 0.717) is 11.8 Å². The Morgan fingerprint density at radius 3 is 2.39 bits per heavy atom. The fourth-order valence-electron chi connectivity index (χ4n) is 2.78. The lowest BCUT2D eigenvalue weighted by atomic mass is 9.57. The van der Waals surface area contributed by atoms with E-state index in [1.165, 1.54) is 18.4 Å². The summed E-state index contributed by atoms with van der Waals surface area (Å²) in [6, 6.07) is 8.55. The molecular formula is C16H25NO. The fraction of sp³-hybridized carbons (Fsp3) is 0.625. The van der Waals surface area contributed by atoms with Gasteiger partial charge in [0.15, 0.2) is 0 Å². The lowest BCUT2D eigenvalue weighted by Gasteiger charge is -2.48. The molecule has 0 aromatic heterocycles. The van der Waals surface area contributed by atoms with Crippen LogP contribution in [0.3, 0.4) is 0 Å². The van der Waals surface area contributed by atoms with Crippen LogP contribution < -0.4 is 10.5 Å². The molecule has 2 heteroatoms. The zero-order valence-corrected chi connectivity index (χ0v) is 11.8. The Balaban J connectivity index is 2.07. The molecule has 2 rings (SSSR count). The average Bonchev–Trinajstić information content (AvgIpc) is 2.37. The molecule has 1 saturated carbocycles. The summed E-state index contributed by atoms with van der Waals surface area (Å²) < 4.78 is 5.72. The Labute approximate surface area is 111 Å². The van der Waals surface area contributed by atoms with Gasteiger partial charge in [-0.3, -0.25) is 0 Å². The first-order chi connectivity index (χ1) is 8.58. The number of hydrogen-bond donors (Lipinski definition) is 1. The van der Waals surface area contributed by atoms with Gasteiger partial charge in [0.05, 0.1) is 6.61 Å². The normalized spacial score (nSPS) is 27.1. The van der Waals surface area contributed by atoms with Crippen molar-refractivity contribution >= 4 is 0 Å². The Bertz CT molecular complexity index is 381. The van der Waals surface area contributed by atoms with Gasteiger partial charge in [0.2, 0.25) is 0 Å². The van der Waals surface area contributed by atoms with Crippen molar-refractivity contribution < 1.29 is 4.74 Å². The zero-order valence-electron chi connectivity index (χ0n) is 11.8. The predicted octanol–water partition coefficient (Wildman–Crippen LogP) is 3.35. The van der Waals surface area contributed by atoms with Crippen LogP contribution in [0.1, 0.15) is 39.2 Å². The highest BCUT2D eigenvalue weighted by atomic mass is 16.5. The quantitative estimate of drug-likeness (QED) is 0.866. The molecule has 0 amide bonds. The largest absolute Gasteiger partial charge is 0.493 e. The highest BCUT2D eigenvalue weighted by Crippen LogP contribution is 2.48. The smallest absolute Gasteiger partial charge is 0.119 e. The third-order valence-corrected chi connectivity index (χ3v) is 4.34. The summed E-state index contributed by atoms with van der Waals surface area (Å²) in [5, 5.41) is 0. The molecule has 0 aliphatic heterocycles. The molecule has 1 aromatic rings. The summed E-state index contributed by atoms with van der Waals surface area (Å²) in [5.41, 5.74) is 7.59. The van der Waals surface area contributed by atoms with Crippen LogP contribution in [0.5, 0.6) is 5.75 Å². The van der Waals surface area contributed by atoms with Gasteiger partial charge >= 0.3 is 0 Å². The molecule has 2 atom stereocenters. The summed E-state index contributed by atoms with van der Waals surface area (Å²) in [5.74, 6) is 2.23. The van der Waals surface area contributed by atoms with Crippen LogP contribution in [0.2, 0.25) is 0 Å². The number of rotatable bonds is 5. The molecule has 100 valence electrons. The predicted molar refractivity (Wildman–Crippen MR) is 75.9 cm³/mol. The minimum absolute atomic E-state index is 0.219. The third-order valence-electron chi connectivity index (χ3n) is 4.34. The highest BCUT2D eigenvalue weighted by Gasteiger charge is 2.43. The Morgan fingerprint density at radius 2 is 2.00 bits per heavy atom. The number of ether oxygens (including phenoxy) is 1. The van der Waals surface area contributed by atoms with E-state index >= 15 is 0 Å². The third kappa shape index (κ3) is 2.39. The SMILES string of the molecule is CC(C)COc1ccc(C2(CN)CCC2C)cc1. The molecule has 0 bridgehead atoms. The molecule has 1 aromatic carbocycles. The van der Waals surface area contributed by atoms with Crippen molar-refractivity contribution in [3.8, 4) is 5.75 Å². The van der Waals surface area contributed by atoms with Gasteiger partial charge in [0, 0.05) is 12.0 Å². The first-order valence-corrected chi connectivity index (χ1v) is 7.02. The van der Waals surface area contributed by atoms with Crippen molar-refractivity contribution in [2.45, 2.75) is 39.0 Å². The number of nitrogens with two attached hydrogens (primary N) is 1. The Morgan fingerprint density at radius 1 is 1.33 bits per heavy atom. The molecule has 0 heterocycles. The van der Waals surface area contributed by atoms with E-state index in [2.05, 4.69) is 45.0 Å². The maximum Gasteiger partial charge on any atom is 0.119 e. The van der Waals surface area contributed by atoms with Crippen molar-refractivity contribution in [2.75, 3.05) is 13.2 Å². The summed E-state index contributed by atoms with van der Waals surface area (Å²) in [6.45, 7) is 8.15. The molecule has 0 radical (unpaired) electrons. The zero-order chi connectivity index (χ0) is 13.2. The van der Waals surface area contributed by atoms with Gasteiger partial charge in [-0.1, -0.05) is 32.9 Å². The Hall–Kier alpha value is -1.02. The van der Waals surface area contributed by atoms with E-state index in [1.807, 2.05) is 0 Å². The molecule has 1 aliphatic rings. The topological polar surface area (TPSA) is 35.2 Å². The molecule has 2 unspecified atom stereocenters. The second-order valence-electron chi connectivity index (χ2n) is 6.03. The van der Waals surface area contributed by atoms with E-state index in [4.69, 9.17) is 10.5 Å². The maximum absolute atomic E-state index is 6.00. The van der Waals surface area contributed by atoms with Crippen molar-refractivity contribution in [3.05, 3.63) is 29.8 Å². The average molecular weight is 247 g/mol. The molecule has 1 fully saturated rings. The van der Waals surface area contributed by atoms with E-state index in [1.54, 1.807) is 0 Å². The van der Waals surface area contributed by atoms with Gasteiger partial charge in [-0.05, 0) is 42.4 Å². The lowest BCUT2D eigenvalue weighted by molar-refractivity contribution is 0.146. The van der Waals surface area contributed by atoms with Crippen molar-refractivity contribution in [1.29, 1.82) is 0 Å². The second kappa shape index (κ2) is 5.31. The van der Waals surface area contributed by atoms with E-state index in [-0.39, 0.29) is 5.41 Å². The van der Waals surface area contributed by atoms with Gasteiger partial charge < -0.3 is 10.5 Å². The maximum atomic E-state index is 6.00. The Kier molecular flexibility index (Phi) is 3.96. The highest BCUT2D eigenvalue weighted by molar-refractivity contribution is 5.35. The van der Waals surface area contributed by atoms with E-state index in [0.717, 1.165) is 18.9 Å². The van der Waals surface area contributed by atoms with Gasteiger partial charge in [-0.2, -0.15) is 0 Å². The summed E-state index contributed by atoms with van der Waals surface area (Å²) >= 11 is 0. The van der Waals surface area contributed by atoms with Crippen LogP contribution in [-0.2, 0) is 5.41 Å². The monoisotopic (exact) mass is 247 g/mol. The second-order valence-corrected chi connectivity index (χ2v) is 6.03. The van der Waals surface area contributed by atoms with Crippen molar-refractivity contribution in [3.63, 3.8) is 0 Å². The molecule has 2 nitrogen and oxygen atoms in total. The minimum Gasteiger partial charge on any atom is -0.493 e. The standard InChI is InChI=1S/C16H25NO/c1-12(2)10-18-15-6-4-14(5-7-15)16(11-17)9-8-13(16)3/h4-7,12-13H,8-11,17H2,1-3H3.